The van der Waals surface area contributed by atoms with E-state index >= 15 is 0 Å². The van der Waals surface area contributed by atoms with Gasteiger partial charge in [-0.3, -0.25) is 4.79 Å². The Hall–Kier alpha value is -2.35. The molecule has 128 valence electrons. The highest BCUT2D eigenvalue weighted by atomic mass is 127. The lowest BCUT2D eigenvalue weighted by Crippen LogP contribution is -2.16. The quantitative estimate of drug-likeness (QED) is 0.367. The smallest absolute Gasteiger partial charge is 0.307 e. The fourth-order valence-corrected chi connectivity index (χ4v) is 3.04. The number of aryl methyl sites for hydroxylation is 2. The standard InChI is InChI=1S/C19H18IN3O2/c1-12-9-16(6-7-17(12)20)23-13(2)10-15(14(23)3)11-21-22-19(24)18-5-4-8-25-18/h4-11H,1-3H3,(H,22,24)/b21-11+. The second kappa shape index (κ2) is 7.26. The minimum absolute atomic E-state index is 0.233. The summed E-state index contributed by atoms with van der Waals surface area (Å²) in [5, 5.41) is 4.04. The van der Waals surface area contributed by atoms with Gasteiger partial charge in [-0.05, 0) is 85.3 Å². The molecular formula is C19H18IN3O2. The molecule has 3 aromatic rings. The largest absolute Gasteiger partial charge is 0.459 e. The highest BCUT2D eigenvalue weighted by Crippen LogP contribution is 2.22. The number of hydrazone groups is 1. The van der Waals surface area contributed by atoms with Crippen molar-refractivity contribution in [3.05, 3.63) is 74.5 Å². The molecule has 5 nitrogen and oxygen atoms in total. The summed E-state index contributed by atoms with van der Waals surface area (Å²) < 4.78 is 8.45. The van der Waals surface area contributed by atoms with E-state index in [-0.39, 0.29) is 11.7 Å². The molecule has 1 N–H and O–H groups in total. The average Bonchev–Trinajstić information content (AvgIpc) is 3.20. The first kappa shape index (κ1) is 17.5. The highest BCUT2D eigenvalue weighted by molar-refractivity contribution is 14.1. The maximum atomic E-state index is 11.8. The molecule has 2 aromatic heterocycles. The van der Waals surface area contributed by atoms with Gasteiger partial charge in [0.25, 0.3) is 0 Å². The Morgan fingerprint density at radius 2 is 2.04 bits per heavy atom. The van der Waals surface area contributed by atoms with E-state index in [2.05, 4.69) is 69.7 Å². The van der Waals surface area contributed by atoms with Crippen LogP contribution in [0.3, 0.4) is 0 Å². The Balaban J connectivity index is 1.83. The molecule has 1 aromatic carbocycles. The molecule has 25 heavy (non-hydrogen) atoms. The lowest BCUT2D eigenvalue weighted by Gasteiger charge is -2.11. The van der Waals surface area contributed by atoms with E-state index in [1.54, 1.807) is 18.3 Å². The van der Waals surface area contributed by atoms with Gasteiger partial charge in [-0.2, -0.15) is 5.10 Å². The molecule has 3 rings (SSSR count). The number of carbonyl (C=O) groups is 1. The van der Waals surface area contributed by atoms with E-state index in [1.165, 1.54) is 15.4 Å². The Labute approximate surface area is 159 Å². The predicted octanol–water partition coefficient (Wildman–Crippen LogP) is 4.36. The first-order valence-electron chi connectivity index (χ1n) is 7.79. The van der Waals surface area contributed by atoms with E-state index in [0.717, 1.165) is 22.6 Å². The van der Waals surface area contributed by atoms with Crippen LogP contribution in [0, 0.1) is 24.3 Å². The van der Waals surface area contributed by atoms with Crippen molar-refractivity contribution >= 4 is 34.7 Å². The number of aromatic nitrogens is 1. The van der Waals surface area contributed by atoms with E-state index in [9.17, 15) is 4.79 Å². The van der Waals surface area contributed by atoms with E-state index in [1.807, 2.05) is 13.0 Å². The van der Waals surface area contributed by atoms with Crippen LogP contribution in [0.25, 0.3) is 5.69 Å². The number of hydrogen-bond donors (Lipinski definition) is 1. The third-order valence-corrected chi connectivity index (χ3v) is 5.20. The topological polar surface area (TPSA) is 59.5 Å². The minimum Gasteiger partial charge on any atom is -0.459 e. The second-order valence-corrected chi connectivity index (χ2v) is 6.93. The van der Waals surface area contributed by atoms with Gasteiger partial charge in [0.15, 0.2) is 5.76 Å². The SMILES string of the molecule is Cc1cc(-n2c(C)cc(/C=N/NC(=O)c3ccco3)c2C)ccc1I. The van der Waals surface area contributed by atoms with E-state index in [0.29, 0.717) is 0 Å². The van der Waals surface area contributed by atoms with Gasteiger partial charge in [-0.15, -0.1) is 0 Å². The summed E-state index contributed by atoms with van der Waals surface area (Å²) >= 11 is 2.33. The fourth-order valence-electron chi connectivity index (χ4n) is 2.71. The zero-order valence-corrected chi connectivity index (χ0v) is 16.4. The van der Waals surface area contributed by atoms with Gasteiger partial charge < -0.3 is 8.98 Å². The number of hydrogen-bond acceptors (Lipinski definition) is 3. The van der Waals surface area contributed by atoms with Gasteiger partial charge in [0.05, 0.1) is 12.5 Å². The molecule has 0 aliphatic rings. The summed E-state index contributed by atoms with van der Waals surface area (Å²) in [6.45, 7) is 6.20. The van der Waals surface area contributed by atoms with Crippen LogP contribution in [0.4, 0.5) is 0 Å². The molecule has 2 heterocycles. The third kappa shape index (κ3) is 3.68. The van der Waals surface area contributed by atoms with E-state index < -0.39 is 0 Å². The summed E-state index contributed by atoms with van der Waals surface area (Å²) in [4.78, 5) is 11.8. The number of nitrogens with one attached hydrogen (secondary N) is 1. The molecular weight excluding hydrogens is 429 g/mol. The molecule has 0 spiro atoms. The Morgan fingerprint density at radius 3 is 2.72 bits per heavy atom. The van der Waals surface area contributed by atoms with Gasteiger partial charge in [-0.25, -0.2) is 5.43 Å². The predicted molar refractivity (Wildman–Crippen MR) is 106 cm³/mol. The fraction of sp³-hybridized carbons (Fsp3) is 0.158. The summed E-state index contributed by atoms with van der Waals surface area (Å²) in [5.74, 6) is -0.139. The molecule has 0 aliphatic heterocycles. The van der Waals surface area contributed by atoms with Crippen LogP contribution in [0.2, 0.25) is 0 Å². The number of halogens is 1. The molecule has 6 heteroatoms. The molecule has 0 bridgehead atoms. The van der Waals surface area contributed by atoms with Crippen molar-refractivity contribution in [3.63, 3.8) is 0 Å². The van der Waals surface area contributed by atoms with Crippen LogP contribution < -0.4 is 5.43 Å². The van der Waals surface area contributed by atoms with Crippen molar-refractivity contribution in [2.75, 3.05) is 0 Å². The highest BCUT2D eigenvalue weighted by Gasteiger charge is 2.11. The number of furan rings is 1. The molecule has 0 aliphatic carbocycles. The van der Waals surface area contributed by atoms with Crippen molar-refractivity contribution in [1.82, 2.24) is 9.99 Å². The zero-order valence-electron chi connectivity index (χ0n) is 14.2. The van der Waals surface area contributed by atoms with Gasteiger partial charge in [-0.1, -0.05) is 0 Å². The lowest BCUT2D eigenvalue weighted by atomic mass is 10.2. The molecule has 0 saturated carbocycles. The van der Waals surface area contributed by atoms with Crippen molar-refractivity contribution in [3.8, 4) is 5.69 Å². The van der Waals surface area contributed by atoms with Gasteiger partial charge >= 0.3 is 5.91 Å². The second-order valence-electron chi connectivity index (χ2n) is 5.77. The molecule has 0 fully saturated rings. The van der Waals surface area contributed by atoms with Crippen molar-refractivity contribution in [2.24, 2.45) is 5.10 Å². The third-order valence-electron chi connectivity index (χ3n) is 3.98. The number of rotatable bonds is 4. The maximum Gasteiger partial charge on any atom is 0.307 e. The monoisotopic (exact) mass is 447 g/mol. The Kier molecular flexibility index (Phi) is 5.08. The average molecular weight is 447 g/mol. The number of benzene rings is 1. The van der Waals surface area contributed by atoms with Crippen LogP contribution in [0.5, 0.6) is 0 Å². The molecule has 0 radical (unpaired) electrons. The summed E-state index contributed by atoms with van der Waals surface area (Å²) in [7, 11) is 0. The summed E-state index contributed by atoms with van der Waals surface area (Å²) in [6.07, 6.45) is 3.11. The lowest BCUT2D eigenvalue weighted by molar-refractivity contribution is 0.0927. The molecule has 0 saturated heterocycles. The van der Waals surface area contributed by atoms with Crippen LogP contribution in [0.15, 0.2) is 52.2 Å². The van der Waals surface area contributed by atoms with Crippen molar-refractivity contribution in [1.29, 1.82) is 0 Å². The van der Waals surface area contributed by atoms with Crippen LogP contribution in [0.1, 0.15) is 33.1 Å². The van der Waals surface area contributed by atoms with Crippen LogP contribution in [-0.2, 0) is 0 Å². The molecule has 1 amide bonds. The van der Waals surface area contributed by atoms with Gasteiger partial charge in [0.2, 0.25) is 0 Å². The first-order chi connectivity index (χ1) is 12.0. The Bertz CT molecular complexity index is 940. The van der Waals surface area contributed by atoms with Gasteiger partial charge in [0.1, 0.15) is 0 Å². The van der Waals surface area contributed by atoms with Crippen LogP contribution >= 0.6 is 22.6 Å². The van der Waals surface area contributed by atoms with Crippen molar-refractivity contribution in [2.45, 2.75) is 20.8 Å². The molecule has 0 unspecified atom stereocenters. The first-order valence-corrected chi connectivity index (χ1v) is 8.87. The van der Waals surface area contributed by atoms with Crippen molar-refractivity contribution < 1.29 is 9.21 Å². The number of nitrogens with zero attached hydrogens (tertiary/aromatic N) is 2. The summed E-state index contributed by atoms with van der Waals surface area (Å²) in [5.41, 5.74) is 7.96. The maximum absolute atomic E-state index is 11.8. The van der Waals surface area contributed by atoms with Gasteiger partial charge in [0, 0.05) is 26.2 Å². The molecule has 0 atom stereocenters. The minimum atomic E-state index is -0.372. The van der Waals surface area contributed by atoms with Crippen LogP contribution in [-0.4, -0.2) is 16.7 Å². The van der Waals surface area contributed by atoms with E-state index in [4.69, 9.17) is 4.42 Å². The zero-order chi connectivity index (χ0) is 18.0. The Morgan fingerprint density at radius 1 is 1.24 bits per heavy atom. The summed E-state index contributed by atoms with van der Waals surface area (Å²) in [6, 6.07) is 11.7. The normalized spacial score (nSPS) is 11.2. The number of amides is 1. The number of carbonyl (C=O) groups excluding carboxylic acids is 1.